The molecule has 2 heterocycles. The number of aromatic nitrogens is 1. The van der Waals surface area contributed by atoms with Gasteiger partial charge in [0.2, 0.25) is 5.91 Å². The van der Waals surface area contributed by atoms with Crippen LogP contribution in [0.1, 0.15) is 36.1 Å². The molecule has 100 valence electrons. The standard InChI is InChI=1S/C13H21N3OS/c1-2-11-8-16-13(18-11)9-15-12(17)6-10-4-3-5-14-7-10/h8,10,14H,2-7,9H2,1H3,(H,15,17). The van der Waals surface area contributed by atoms with Gasteiger partial charge in [0.25, 0.3) is 0 Å². The highest BCUT2D eigenvalue weighted by Crippen LogP contribution is 2.15. The third kappa shape index (κ3) is 4.07. The van der Waals surface area contributed by atoms with Crippen molar-refractivity contribution in [1.82, 2.24) is 15.6 Å². The molecule has 0 radical (unpaired) electrons. The lowest BCUT2D eigenvalue weighted by Gasteiger charge is -2.21. The van der Waals surface area contributed by atoms with Gasteiger partial charge in [0.1, 0.15) is 5.01 Å². The summed E-state index contributed by atoms with van der Waals surface area (Å²) in [5.74, 6) is 0.651. The van der Waals surface area contributed by atoms with Gasteiger partial charge in [-0.2, -0.15) is 0 Å². The molecule has 1 aromatic heterocycles. The zero-order valence-corrected chi connectivity index (χ0v) is 11.7. The molecule has 1 saturated heterocycles. The number of carbonyl (C=O) groups excluding carboxylic acids is 1. The van der Waals surface area contributed by atoms with E-state index in [0.29, 0.717) is 18.9 Å². The van der Waals surface area contributed by atoms with Crippen LogP contribution in [0.25, 0.3) is 0 Å². The third-order valence-corrected chi connectivity index (χ3v) is 4.40. The van der Waals surface area contributed by atoms with Gasteiger partial charge in [-0.25, -0.2) is 4.98 Å². The molecule has 1 aliphatic heterocycles. The number of nitrogens with one attached hydrogen (secondary N) is 2. The van der Waals surface area contributed by atoms with Crippen molar-refractivity contribution in [1.29, 1.82) is 0 Å². The average Bonchev–Trinajstić information content (AvgIpc) is 2.85. The van der Waals surface area contributed by atoms with E-state index in [1.165, 1.54) is 11.3 Å². The van der Waals surface area contributed by atoms with Crippen LogP contribution in [-0.2, 0) is 17.8 Å². The Hall–Kier alpha value is -0.940. The minimum Gasteiger partial charge on any atom is -0.350 e. The molecule has 1 fully saturated rings. The molecule has 0 spiro atoms. The molecule has 1 unspecified atom stereocenters. The normalized spacial score (nSPS) is 19.7. The fourth-order valence-corrected chi connectivity index (χ4v) is 3.00. The van der Waals surface area contributed by atoms with E-state index < -0.39 is 0 Å². The van der Waals surface area contributed by atoms with Crippen LogP contribution in [0.4, 0.5) is 0 Å². The molecule has 18 heavy (non-hydrogen) atoms. The number of carbonyl (C=O) groups is 1. The van der Waals surface area contributed by atoms with Gasteiger partial charge in [-0.1, -0.05) is 6.92 Å². The quantitative estimate of drug-likeness (QED) is 0.854. The number of rotatable bonds is 5. The van der Waals surface area contributed by atoms with Crippen LogP contribution in [0.3, 0.4) is 0 Å². The Labute approximate surface area is 112 Å². The Balaban J connectivity index is 1.70. The van der Waals surface area contributed by atoms with Crippen molar-refractivity contribution < 1.29 is 4.79 Å². The summed E-state index contributed by atoms with van der Waals surface area (Å²) in [7, 11) is 0. The summed E-state index contributed by atoms with van der Waals surface area (Å²) >= 11 is 1.68. The highest BCUT2D eigenvalue weighted by atomic mass is 32.1. The number of nitrogens with zero attached hydrogens (tertiary/aromatic N) is 1. The summed E-state index contributed by atoms with van der Waals surface area (Å²) in [6.07, 6.45) is 5.90. The maximum atomic E-state index is 11.8. The number of hydrogen-bond donors (Lipinski definition) is 2. The zero-order valence-electron chi connectivity index (χ0n) is 10.9. The van der Waals surface area contributed by atoms with Crippen LogP contribution in [0.2, 0.25) is 0 Å². The molecule has 0 aromatic carbocycles. The van der Waals surface area contributed by atoms with Crippen molar-refractivity contribution in [3.8, 4) is 0 Å². The molecule has 2 rings (SSSR count). The van der Waals surface area contributed by atoms with Crippen molar-refractivity contribution in [2.45, 2.75) is 39.2 Å². The van der Waals surface area contributed by atoms with Gasteiger partial charge in [-0.05, 0) is 38.3 Å². The number of piperidine rings is 1. The minimum atomic E-state index is 0.150. The van der Waals surface area contributed by atoms with E-state index in [0.717, 1.165) is 30.9 Å². The Kier molecular flexibility index (Phi) is 5.13. The molecule has 1 atom stereocenters. The van der Waals surface area contributed by atoms with Gasteiger partial charge in [0.15, 0.2) is 0 Å². The summed E-state index contributed by atoms with van der Waals surface area (Å²) < 4.78 is 0. The lowest BCUT2D eigenvalue weighted by Crippen LogP contribution is -2.34. The predicted molar refractivity (Wildman–Crippen MR) is 73.5 cm³/mol. The molecule has 2 N–H and O–H groups in total. The summed E-state index contributed by atoms with van der Waals surface area (Å²) in [4.78, 5) is 17.4. The lowest BCUT2D eigenvalue weighted by molar-refractivity contribution is -0.122. The first-order valence-electron chi connectivity index (χ1n) is 6.69. The molecular weight excluding hydrogens is 246 g/mol. The van der Waals surface area contributed by atoms with E-state index in [-0.39, 0.29) is 5.91 Å². The fraction of sp³-hybridized carbons (Fsp3) is 0.692. The molecule has 1 aliphatic rings. The lowest BCUT2D eigenvalue weighted by atomic mass is 9.96. The topological polar surface area (TPSA) is 54.0 Å². The van der Waals surface area contributed by atoms with Crippen LogP contribution in [0.15, 0.2) is 6.20 Å². The van der Waals surface area contributed by atoms with E-state index in [2.05, 4.69) is 22.5 Å². The number of thiazole rings is 1. The number of amides is 1. The van der Waals surface area contributed by atoms with Crippen LogP contribution in [0.5, 0.6) is 0 Å². The van der Waals surface area contributed by atoms with Crippen LogP contribution >= 0.6 is 11.3 Å². The van der Waals surface area contributed by atoms with E-state index in [4.69, 9.17) is 0 Å². The summed E-state index contributed by atoms with van der Waals surface area (Å²) in [6.45, 7) is 4.76. The second-order valence-corrected chi connectivity index (χ2v) is 5.97. The van der Waals surface area contributed by atoms with E-state index >= 15 is 0 Å². The molecule has 5 heteroatoms. The third-order valence-electron chi connectivity index (χ3n) is 3.26. The van der Waals surface area contributed by atoms with Crippen LogP contribution in [0, 0.1) is 5.92 Å². The van der Waals surface area contributed by atoms with E-state index in [1.807, 2.05) is 6.20 Å². The number of aryl methyl sites for hydroxylation is 1. The number of hydrogen-bond acceptors (Lipinski definition) is 4. The zero-order chi connectivity index (χ0) is 12.8. The monoisotopic (exact) mass is 267 g/mol. The molecule has 1 amide bonds. The Morgan fingerprint density at radius 3 is 3.22 bits per heavy atom. The second-order valence-electron chi connectivity index (χ2n) is 4.77. The van der Waals surface area contributed by atoms with E-state index in [9.17, 15) is 4.79 Å². The molecule has 0 saturated carbocycles. The van der Waals surface area contributed by atoms with Gasteiger partial charge in [-0.3, -0.25) is 4.79 Å². The largest absolute Gasteiger partial charge is 0.350 e. The van der Waals surface area contributed by atoms with Crippen molar-refractivity contribution in [2.75, 3.05) is 13.1 Å². The molecular formula is C13H21N3OS. The van der Waals surface area contributed by atoms with Gasteiger partial charge in [0, 0.05) is 17.5 Å². The van der Waals surface area contributed by atoms with Gasteiger partial charge in [-0.15, -0.1) is 11.3 Å². The van der Waals surface area contributed by atoms with Crippen molar-refractivity contribution in [3.63, 3.8) is 0 Å². The van der Waals surface area contributed by atoms with Gasteiger partial charge >= 0.3 is 0 Å². The maximum Gasteiger partial charge on any atom is 0.220 e. The average molecular weight is 267 g/mol. The maximum absolute atomic E-state index is 11.8. The van der Waals surface area contributed by atoms with Crippen LogP contribution < -0.4 is 10.6 Å². The Morgan fingerprint density at radius 2 is 2.56 bits per heavy atom. The highest BCUT2D eigenvalue weighted by molar-refractivity contribution is 7.11. The SMILES string of the molecule is CCc1cnc(CNC(=O)CC2CCCNC2)s1. The second kappa shape index (κ2) is 6.85. The van der Waals surface area contributed by atoms with Gasteiger partial charge < -0.3 is 10.6 Å². The van der Waals surface area contributed by atoms with E-state index in [1.54, 1.807) is 11.3 Å². The Bertz CT molecular complexity index is 385. The molecule has 1 aromatic rings. The van der Waals surface area contributed by atoms with Crippen molar-refractivity contribution in [3.05, 3.63) is 16.1 Å². The Morgan fingerprint density at radius 1 is 1.67 bits per heavy atom. The summed E-state index contributed by atoms with van der Waals surface area (Å²) in [5, 5.41) is 7.30. The molecule has 0 aliphatic carbocycles. The van der Waals surface area contributed by atoms with Crippen molar-refractivity contribution >= 4 is 17.2 Å². The molecule has 4 nitrogen and oxygen atoms in total. The summed E-state index contributed by atoms with van der Waals surface area (Å²) in [6, 6.07) is 0. The van der Waals surface area contributed by atoms with Gasteiger partial charge in [0.05, 0.1) is 6.54 Å². The van der Waals surface area contributed by atoms with Crippen LogP contribution in [-0.4, -0.2) is 24.0 Å². The predicted octanol–water partition coefficient (Wildman–Crippen LogP) is 1.71. The fourth-order valence-electron chi connectivity index (χ4n) is 2.20. The minimum absolute atomic E-state index is 0.150. The van der Waals surface area contributed by atoms with Crippen molar-refractivity contribution in [2.24, 2.45) is 5.92 Å². The summed E-state index contributed by atoms with van der Waals surface area (Å²) in [5.41, 5.74) is 0. The first kappa shape index (κ1) is 13.5. The smallest absolute Gasteiger partial charge is 0.220 e. The highest BCUT2D eigenvalue weighted by Gasteiger charge is 2.16. The first-order chi connectivity index (χ1) is 8.78. The molecule has 0 bridgehead atoms. The first-order valence-corrected chi connectivity index (χ1v) is 7.50.